The number of benzene rings is 7. The minimum absolute atomic E-state index is 0.603. The lowest BCUT2D eigenvalue weighted by atomic mass is 9.80. The number of hydrogen-bond acceptors (Lipinski definition) is 2. The van der Waals surface area contributed by atoms with Crippen LogP contribution in [-0.4, -0.2) is 0 Å². The van der Waals surface area contributed by atoms with Gasteiger partial charge in [0.15, 0.2) is 0 Å². The molecule has 0 atom stereocenters. The topological polar surface area (TPSA) is 16.4 Å². The Morgan fingerprint density at radius 3 is 1.96 bits per heavy atom. The second kappa shape index (κ2) is 14.0. The number of allylic oxidation sites excluding steroid dienone is 1. The molecule has 2 aliphatic carbocycles. The first kappa shape index (κ1) is 32.5. The molecule has 1 heterocycles. The summed E-state index contributed by atoms with van der Waals surface area (Å²) in [6.07, 6.45) is 10.9. The maximum absolute atomic E-state index is 6.50. The number of hydrogen-bond donors (Lipinski definition) is 0. The van der Waals surface area contributed by atoms with Crippen molar-refractivity contribution in [3.63, 3.8) is 0 Å². The molecule has 10 rings (SSSR count). The van der Waals surface area contributed by atoms with Crippen LogP contribution in [0.4, 0.5) is 17.1 Å². The minimum atomic E-state index is 0.603. The van der Waals surface area contributed by atoms with Crippen LogP contribution in [0.5, 0.6) is 0 Å². The van der Waals surface area contributed by atoms with Crippen molar-refractivity contribution in [2.45, 2.75) is 50.9 Å². The second-order valence-electron chi connectivity index (χ2n) is 15.0. The molecule has 0 bridgehead atoms. The van der Waals surface area contributed by atoms with Gasteiger partial charge in [-0.3, -0.25) is 0 Å². The van der Waals surface area contributed by atoms with Gasteiger partial charge in [-0.2, -0.15) is 0 Å². The van der Waals surface area contributed by atoms with Gasteiger partial charge >= 0.3 is 0 Å². The Morgan fingerprint density at radius 1 is 0.519 bits per heavy atom. The van der Waals surface area contributed by atoms with Crippen LogP contribution >= 0.6 is 0 Å². The Bertz CT molecular complexity index is 2620. The molecule has 0 N–H and O–H groups in total. The molecule has 0 unspecified atom stereocenters. The second-order valence-corrected chi connectivity index (χ2v) is 15.0. The molecule has 0 saturated heterocycles. The number of nitrogens with zero attached hydrogens (tertiary/aromatic N) is 1. The summed E-state index contributed by atoms with van der Waals surface area (Å²) in [7, 11) is 0. The lowest BCUT2D eigenvalue weighted by molar-refractivity contribution is 0.445. The summed E-state index contributed by atoms with van der Waals surface area (Å²) in [5.41, 5.74) is 14.5. The lowest BCUT2D eigenvalue weighted by Crippen LogP contribution is -2.11. The highest BCUT2D eigenvalue weighted by Gasteiger charge is 2.24. The van der Waals surface area contributed by atoms with Crippen LogP contribution in [0.1, 0.15) is 66.9 Å². The third-order valence-corrected chi connectivity index (χ3v) is 11.8. The molecular formula is C52H43NO. The quantitative estimate of drug-likeness (QED) is 0.165. The summed E-state index contributed by atoms with van der Waals surface area (Å²) < 4.78 is 6.50. The molecule has 262 valence electrons. The van der Waals surface area contributed by atoms with Crippen molar-refractivity contribution in [3.8, 4) is 22.3 Å². The highest BCUT2D eigenvalue weighted by Crippen LogP contribution is 2.46. The average molecular weight is 698 g/mol. The maximum Gasteiger partial charge on any atom is 0.138 e. The third kappa shape index (κ3) is 5.83. The standard InChI is InChI=1S/C52H43NO/c1-3-14-36(15-4-1)37-28-32-41(33-29-37)53(42-34-30-39(31-35-42)44-23-13-25-48-46-21-8-10-27-50(46)54-52(44)48)49-26-9-7-20-45(49)47-24-12-19-40-18-11-22-43(51(40)47)38-16-5-2-6-17-38/h1,3-4,7-12,14-15,18-24,26-35,38H,2,5-6,13,16-17,25H2. The molecule has 2 aliphatic rings. The summed E-state index contributed by atoms with van der Waals surface area (Å²) >= 11 is 0. The SMILES string of the molecule is C1=C(c2ccc(N(c3ccc(-c4ccccc4)cc3)c3ccccc3-c3cccc4cccc(C5CCCCC5)c34)cc2)c2oc3ccccc3c2CC1. The monoisotopic (exact) mass is 697 g/mol. The zero-order valence-electron chi connectivity index (χ0n) is 30.5. The predicted octanol–water partition coefficient (Wildman–Crippen LogP) is 14.8. The van der Waals surface area contributed by atoms with Crippen LogP contribution in [0.3, 0.4) is 0 Å². The first-order chi connectivity index (χ1) is 26.8. The lowest BCUT2D eigenvalue weighted by Gasteiger charge is -2.29. The Balaban J connectivity index is 1.11. The first-order valence-electron chi connectivity index (χ1n) is 19.7. The van der Waals surface area contributed by atoms with Gasteiger partial charge in [-0.1, -0.05) is 153 Å². The molecule has 0 amide bonds. The van der Waals surface area contributed by atoms with E-state index in [0.717, 1.165) is 35.6 Å². The molecule has 1 aromatic heterocycles. The van der Waals surface area contributed by atoms with E-state index in [4.69, 9.17) is 4.42 Å². The van der Waals surface area contributed by atoms with Crippen LogP contribution in [0.25, 0.3) is 49.6 Å². The van der Waals surface area contributed by atoms with E-state index < -0.39 is 0 Å². The van der Waals surface area contributed by atoms with Gasteiger partial charge in [0.1, 0.15) is 11.3 Å². The van der Waals surface area contributed by atoms with Gasteiger partial charge in [-0.25, -0.2) is 0 Å². The van der Waals surface area contributed by atoms with E-state index in [1.807, 2.05) is 0 Å². The molecular weight excluding hydrogens is 655 g/mol. The largest absolute Gasteiger partial charge is 0.456 e. The summed E-state index contributed by atoms with van der Waals surface area (Å²) in [4.78, 5) is 2.44. The van der Waals surface area contributed by atoms with Crippen molar-refractivity contribution < 1.29 is 4.42 Å². The molecule has 1 saturated carbocycles. The Labute approximate surface area is 318 Å². The third-order valence-electron chi connectivity index (χ3n) is 11.8. The number of aryl methyl sites for hydroxylation is 1. The predicted molar refractivity (Wildman–Crippen MR) is 227 cm³/mol. The van der Waals surface area contributed by atoms with Crippen LogP contribution in [0, 0.1) is 0 Å². The van der Waals surface area contributed by atoms with Gasteiger partial charge in [-0.15, -0.1) is 0 Å². The molecule has 0 aliphatic heterocycles. The molecule has 2 nitrogen and oxygen atoms in total. The summed E-state index contributed by atoms with van der Waals surface area (Å²) in [5, 5.41) is 3.95. The number of rotatable bonds is 7. The molecule has 0 spiro atoms. The first-order valence-corrected chi connectivity index (χ1v) is 19.7. The van der Waals surface area contributed by atoms with E-state index >= 15 is 0 Å². The highest BCUT2D eigenvalue weighted by atomic mass is 16.3. The Kier molecular flexibility index (Phi) is 8.45. The van der Waals surface area contributed by atoms with E-state index in [9.17, 15) is 0 Å². The van der Waals surface area contributed by atoms with Crippen LogP contribution < -0.4 is 4.90 Å². The normalized spacial score (nSPS) is 14.6. The Hall–Kier alpha value is -6.12. The van der Waals surface area contributed by atoms with Crippen molar-refractivity contribution in [3.05, 3.63) is 192 Å². The van der Waals surface area contributed by atoms with Gasteiger partial charge in [0.2, 0.25) is 0 Å². The van der Waals surface area contributed by atoms with Gasteiger partial charge in [-0.05, 0) is 107 Å². The summed E-state index contributed by atoms with van der Waals surface area (Å²) in [6.45, 7) is 0. The van der Waals surface area contributed by atoms with Crippen LogP contribution in [0.2, 0.25) is 0 Å². The van der Waals surface area contributed by atoms with Gasteiger partial charge in [0, 0.05) is 33.5 Å². The zero-order valence-corrected chi connectivity index (χ0v) is 30.5. The number of furan rings is 1. The fraction of sp³-hybridized carbons (Fsp3) is 0.154. The molecule has 0 radical (unpaired) electrons. The van der Waals surface area contributed by atoms with E-state index in [1.54, 1.807) is 0 Å². The van der Waals surface area contributed by atoms with Crippen molar-refractivity contribution >= 4 is 44.4 Å². The minimum Gasteiger partial charge on any atom is -0.456 e. The van der Waals surface area contributed by atoms with E-state index in [1.165, 1.54) is 98.5 Å². The van der Waals surface area contributed by atoms with Crippen molar-refractivity contribution in [1.29, 1.82) is 0 Å². The van der Waals surface area contributed by atoms with E-state index in [0.29, 0.717) is 5.92 Å². The number of anilines is 3. The van der Waals surface area contributed by atoms with Gasteiger partial charge < -0.3 is 9.32 Å². The van der Waals surface area contributed by atoms with Crippen molar-refractivity contribution in [1.82, 2.24) is 0 Å². The van der Waals surface area contributed by atoms with E-state index in [-0.39, 0.29) is 0 Å². The van der Waals surface area contributed by atoms with Crippen LogP contribution in [-0.2, 0) is 6.42 Å². The fourth-order valence-corrected chi connectivity index (χ4v) is 9.16. The molecule has 1 fully saturated rings. The maximum atomic E-state index is 6.50. The van der Waals surface area contributed by atoms with Gasteiger partial charge in [0.25, 0.3) is 0 Å². The summed E-state index contributed by atoms with van der Waals surface area (Å²) in [6, 6.07) is 60.1. The van der Waals surface area contributed by atoms with E-state index in [2.05, 4.69) is 175 Å². The van der Waals surface area contributed by atoms with Crippen molar-refractivity contribution in [2.75, 3.05) is 4.90 Å². The van der Waals surface area contributed by atoms with Crippen LogP contribution in [0.15, 0.2) is 174 Å². The molecule has 7 aromatic carbocycles. The number of para-hydroxylation sites is 2. The summed E-state index contributed by atoms with van der Waals surface area (Å²) in [5.74, 6) is 1.62. The van der Waals surface area contributed by atoms with Gasteiger partial charge in [0.05, 0.1) is 5.69 Å². The van der Waals surface area contributed by atoms with Crippen molar-refractivity contribution in [2.24, 2.45) is 0 Å². The average Bonchev–Trinajstić information content (AvgIpc) is 3.64. The Morgan fingerprint density at radius 2 is 1.17 bits per heavy atom. The number of fused-ring (bicyclic) bond motifs is 4. The molecule has 2 heteroatoms. The highest BCUT2D eigenvalue weighted by molar-refractivity contribution is 6.03. The zero-order chi connectivity index (χ0) is 35.8. The molecule has 8 aromatic rings. The smallest absolute Gasteiger partial charge is 0.138 e. The fourth-order valence-electron chi connectivity index (χ4n) is 9.16. The molecule has 54 heavy (non-hydrogen) atoms.